The number of hydrogen-bond acceptors (Lipinski definition) is 3. The quantitative estimate of drug-likeness (QED) is 0.262. The van der Waals surface area contributed by atoms with Crippen molar-refractivity contribution in [3.8, 4) is 21.7 Å². The molecule has 0 amide bonds. The summed E-state index contributed by atoms with van der Waals surface area (Å²) in [5, 5.41) is 3.77. The summed E-state index contributed by atoms with van der Waals surface area (Å²) in [5.41, 5.74) is 9.21. The summed E-state index contributed by atoms with van der Waals surface area (Å²) in [4.78, 5) is 12.0. The van der Waals surface area contributed by atoms with E-state index in [2.05, 4.69) is 96.1 Å². The molecule has 0 saturated carbocycles. The van der Waals surface area contributed by atoms with Crippen LogP contribution >= 0.6 is 11.3 Å². The molecule has 3 aromatic carbocycles. The van der Waals surface area contributed by atoms with Gasteiger partial charge in [-0.3, -0.25) is 0 Å². The molecule has 34 heavy (non-hydrogen) atoms. The van der Waals surface area contributed by atoms with Crippen molar-refractivity contribution in [3.63, 3.8) is 0 Å². The predicted molar refractivity (Wildman–Crippen MR) is 146 cm³/mol. The van der Waals surface area contributed by atoms with Crippen LogP contribution in [0.5, 0.6) is 0 Å². The molecule has 2 nitrogen and oxygen atoms in total. The number of hydrogen-bond donors (Lipinski definition) is 0. The van der Waals surface area contributed by atoms with E-state index in [1.54, 1.807) is 6.33 Å². The van der Waals surface area contributed by atoms with Gasteiger partial charge in [0, 0.05) is 21.2 Å². The monoisotopic (exact) mass is 462 g/mol. The Labute approximate surface area is 205 Å². The van der Waals surface area contributed by atoms with Gasteiger partial charge in [-0.1, -0.05) is 77.1 Å². The fourth-order valence-corrected chi connectivity index (χ4v) is 7.11. The average Bonchev–Trinajstić information content (AvgIpc) is 3.17. The first kappa shape index (κ1) is 21.5. The second kappa shape index (κ2) is 7.23. The lowest BCUT2D eigenvalue weighted by Gasteiger charge is -2.34. The lowest BCUT2D eigenvalue weighted by Crippen LogP contribution is -2.24. The summed E-state index contributed by atoms with van der Waals surface area (Å²) in [7, 11) is 0. The van der Waals surface area contributed by atoms with Crippen LogP contribution in [0.15, 0.2) is 60.9 Å². The van der Waals surface area contributed by atoms with Gasteiger partial charge in [-0.15, -0.1) is 11.3 Å². The molecule has 0 bridgehead atoms. The fraction of sp³-hybridized carbons (Fsp3) is 0.290. The Kier molecular flexibility index (Phi) is 4.57. The maximum Gasteiger partial charge on any atom is 0.128 e. The van der Waals surface area contributed by atoms with Crippen molar-refractivity contribution < 1.29 is 0 Å². The van der Waals surface area contributed by atoms with E-state index < -0.39 is 0 Å². The summed E-state index contributed by atoms with van der Waals surface area (Å²) in [6, 6.07) is 20.4. The first-order valence-electron chi connectivity index (χ1n) is 12.0. The zero-order chi connectivity index (χ0) is 23.8. The van der Waals surface area contributed by atoms with Crippen LogP contribution in [-0.4, -0.2) is 9.97 Å². The topological polar surface area (TPSA) is 25.8 Å². The summed E-state index contributed by atoms with van der Waals surface area (Å²) in [6.07, 6.45) is 2.81. The third-order valence-electron chi connectivity index (χ3n) is 7.20. The van der Waals surface area contributed by atoms with Gasteiger partial charge in [0.1, 0.15) is 11.2 Å². The number of nitrogens with zero attached hydrogens (tertiary/aromatic N) is 2. The Bertz CT molecular complexity index is 1600. The second-order valence-electron chi connectivity index (χ2n) is 11.5. The Morgan fingerprint density at radius 2 is 1.62 bits per heavy atom. The fourth-order valence-electron chi connectivity index (χ4n) is 5.71. The van der Waals surface area contributed by atoms with Crippen LogP contribution in [0.3, 0.4) is 0 Å². The van der Waals surface area contributed by atoms with E-state index in [-0.39, 0.29) is 10.8 Å². The Morgan fingerprint density at radius 1 is 0.882 bits per heavy atom. The first-order chi connectivity index (χ1) is 16.1. The zero-order valence-electron chi connectivity index (χ0n) is 20.8. The molecule has 6 rings (SSSR count). The van der Waals surface area contributed by atoms with Crippen molar-refractivity contribution in [3.05, 3.63) is 83.2 Å². The van der Waals surface area contributed by atoms with Crippen LogP contribution < -0.4 is 0 Å². The molecule has 1 aliphatic carbocycles. The predicted octanol–water partition coefficient (Wildman–Crippen LogP) is 8.71. The van der Waals surface area contributed by atoms with Crippen LogP contribution in [0.2, 0.25) is 0 Å². The molecule has 2 heterocycles. The first-order valence-corrected chi connectivity index (χ1v) is 12.9. The number of rotatable bonds is 2. The van der Waals surface area contributed by atoms with Gasteiger partial charge in [0.05, 0.1) is 5.69 Å². The van der Waals surface area contributed by atoms with E-state index in [0.717, 1.165) is 16.9 Å². The molecule has 0 atom stereocenters. The highest BCUT2D eigenvalue weighted by Crippen LogP contribution is 2.55. The molecule has 0 saturated heterocycles. The van der Waals surface area contributed by atoms with Crippen molar-refractivity contribution in [1.82, 2.24) is 9.97 Å². The Morgan fingerprint density at radius 3 is 2.32 bits per heavy atom. The standard InChI is InChI=1S/C31H30N2S/c1-18-13-19(16-30(2,3)4)11-12-22(18)28-26-25-27(32-17-33-29(25)34-28)23-14-20-9-7-8-10-21(20)15-24(23)31(26,5)6/h7-15,17H,16H2,1-6H3. The largest absolute Gasteiger partial charge is 0.236 e. The van der Waals surface area contributed by atoms with Crippen molar-refractivity contribution in [2.45, 2.75) is 53.4 Å². The van der Waals surface area contributed by atoms with Gasteiger partial charge in [-0.05, 0) is 69.5 Å². The normalized spacial score (nSPS) is 14.5. The highest BCUT2D eigenvalue weighted by Gasteiger charge is 2.38. The minimum absolute atomic E-state index is 0.152. The number of fused-ring (bicyclic) bond motifs is 3. The highest BCUT2D eigenvalue weighted by molar-refractivity contribution is 7.22. The Hall–Kier alpha value is -3.04. The van der Waals surface area contributed by atoms with Crippen molar-refractivity contribution in [2.75, 3.05) is 0 Å². The number of thiophene rings is 1. The van der Waals surface area contributed by atoms with Crippen LogP contribution in [0.25, 0.3) is 42.7 Å². The highest BCUT2D eigenvalue weighted by atomic mass is 32.1. The molecule has 0 radical (unpaired) electrons. The molecular weight excluding hydrogens is 432 g/mol. The van der Waals surface area contributed by atoms with Gasteiger partial charge in [-0.25, -0.2) is 9.97 Å². The second-order valence-corrected chi connectivity index (χ2v) is 12.5. The van der Waals surface area contributed by atoms with Crippen LogP contribution in [0, 0.1) is 12.3 Å². The molecule has 0 aliphatic heterocycles. The average molecular weight is 463 g/mol. The lowest BCUT2D eigenvalue weighted by atomic mass is 9.69. The Balaban J connectivity index is 1.62. The molecule has 5 aromatic rings. The minimum Gasteiger partial charge on any atom is -0.236 e. The smallest absolute Gasteiger partial charge is 0.128 e. The summed E-state index contributed by atoms with van der Waals surface area (Å²) in [6.45, 7) is 13.9. The molecule has 1 aliphatic rings. The summed E-state index contributed by atoms with van der Waals surface area (Å²) in [5.74, 6) is 0. The minimum atomic E-state index is -0.152. The van der Waals surface area contributed by atoms with Gasteiger partial charge in [-0.2, -0.15) is 0 Å². The van der Waals surface area contributed by atoms with Crippen molar-refractivity contribution in [1.29, 1.82) is 0 Å². The third kappa shape index (κ3) is 3.21. The number of aromatic nitrogens is 2. The van der Waals surface area contributed by atoms with E-state index in [4.69, 9.17) is 9.97 Å². The van der Waals surface area contributed by atoms with Gasteiger partial charge < -0.3 is 0 Å². The SMILES string of the molecule is Cc1cc(CC(C)(C)C)ccc1-c1sc2ncnc3c2c1C(C)(C)c1cc2ccccc2cc1-3. The van der Waals surface area contributed by atoms with E-state index in [0.29, 0.717) is 0 Å². The zero-order valence-corrected chi connectivity index (χ0v) is 21.6. The molecule has 0 unspecified atom stereocenters. The van der Waals surface area contributed by atoms with Crippen LogP contribution in [0.1, 0.15) is 56.9 Å². The summed E-state index contributed by atoms with van der Waals surface area (Å²) < 4.78 is 0. The maximum atomic E-state index is 4.83. The molecule has 2 aromatic heterocycles. The van der Waals surface area contributed by atoms with Crippen molar-refractivity contribution in [2.24, 2.45) is 5.41 Å². The molecule has 0 fully saturated rings. The third-order valence-corrected chi connectivity index (χ3v) is 8.33. The van der Waals surface area contributed by atoms with Crippen LogP contribution in [-0.2, 0) is 11.8 Å². The molecule has 0 spiro atoms. The molecular formula is C31H30N2S. The van der Waals surface area contributed by atoms with E-state index in [1.165, 1.54) is 54.4 Å². The van der Waals surface area contributed by atoms with Crippen LogP contribution in [0.4, 0.5) is 0 Å². The summed E-state index contributed by atoms with van der Waals surface area (Å²) >= 11 is 1.81. The number of aryl methyl sites for hydroxylation is 1. The molecule has 0 N–H and O–H groups in total. The van der Waals surface area contributed by atoms with Gasteiger partial charge >= 0.3 is 0 Å². The maximum absolute atomic E-state index is 4.83. The van der Waals surface area contributed by atoms with Gasteiger partial charge in [0.15, 0.2) is 0 Å². The van der Waals surface area contributed by atoms with E-state index in [1.807, 2.05) is 11.3 Å². The number of benzene rings is 3. The van der Waals surface area contributed by atoms with E-state index >= 15 is 0 Å². The lowest BCUT2D eigenvalue weighted by molar-refractivity contribution is 0.411. The molecule has 170 valence electrons. The molecule has 3 heteroatoms. The van der Waals surface area contributed by atoms with E-state index in [9.17, 15) is 0 Å². The van der Waals surface area contributed by atoms with Gasteiger partial charge in [0.2, 0.25) is 0 Å². The van der Waals surface area contributed by atoms with Crippen molar-refractivity contribution >= 4 is 32.3 Å². The van der Waals surface area contributed by atoms with Gasteiger partial charge in [0.25, 0.3) is 0 Å².